The van der Waals surface area contributed by atoms with Gasteiger partial charge in [0.2, 0.25) is 0 Å². The molecule has 0 radical (unpaired) electrons. The third-order valence-corrected chi connectivity index (χ3v) is 8.76. The number of fused-ring (bicyclic) bond motifs is 1. The van der Waals surface area contributed by atoms with Crippen LogP contribution in [-0.2, 0) is 30.7 Å². The Bertz CT molecular complexity index is 1060. The van der Waals surface area contributed by atoms with E-state index in [1.54, 1.807) is 0 Å². The van der Waals surface area contributed by atoms with Crippen molar-refractivity contribution in [2.24, 2.45) is 9.57 Å². The number of nitrogens with one attached hydrogen (secondary N) is 2. The van der Waals surface area contributed by atoms with Crippen LogP contribution in [-0.4, -0.2) is 61.0 Å². The normalized spacial score (nSPS) is 25.8. The lowest BCUT2D eigenvalue weighted by Crippen LogP contribution is -2.71. The average molecular weight is 460 g/mol. The molecule has 0 spiro atoms. The van der Waals surface area contributed by atoms with Crippen LogP contribution in [0.3, 0.4) is 0 Å². The fraction of sp³-hybridized carbons (Fsp3) is 0.429. The molecule has 3 aliphatic heterocycles. The van der Waals surface area contributed by atoms with E-state index in [-0.39, 0.29) is 12.2 Å². The van der Waals surface area contributed by atoms with Gasteiger partial charge in [-0.1, -0.05) is 4.68 Å². The number of rotatable bonds is 6. The number of hydrogen-bond acceptors (Lipinski definition) is 9. The van der Waals surface area contributed by atoms with E-state index in [2.05, 4.69) is 24.7 Å². The van der Waals surface area contributed by atoms with Crippen molar-refractivity contribution in [2.75, 3.05) is 11.5 Å². The summed E-state index contributed by atoms with van der Waals surface area (Å²) in [6.45, 7) is 1.60. The van der Waals surface area contributed by atoms with Gasteiger partial charge in [-0.05, 0) is 38.3 Å². The quantitative estimate of drug-likeness (QED) is 0.271. The molecule has 3 unspecified atom stereocenters. The maximum absolute atomic E-state index is 12.6. The summed E-state index contributed by atoms with van der Waals surface area (Å²) < 4.78 is 9.73. The van der Waals surface area contributed by atoms with Gasteiger partial charge in [-0.25, -0.2) is 9.59 Å². The third kappa shape index (κ3) is 3.89. The lowest BCUT2D eigenvalue weighted by molar-refractivity contribution is -0.751. The van der Waals surface area contributed by atoms with Gasteiger partial charge in [-0.2, -0.15) is 0 Å². The first-order valence-electron chi connectivity index (χ1n) is 8.25. The average Bonchev–Trinajstić information content (AvgIpc) is 3.26. The standard InChI is InChI=1S/C14H14N6O6S3/c1-6-16-17-29(28-6)5-7-4-27-13-10(12(23)20(13)11(7)14(24)25)15-8(21)2-19-3-9(22)26-18-19/h3,10,13H,2,4-5H2,1H3,(H2-,15,18,21,22,24,25)/p+1. The predicted octanol–water partition coefficient (Wildman–Crippen LogP) is -1.21. The molecule has 15 heteroatoms. The lowest BCUT2D eigenvalue weighted by atomic mass is 10.0. The summed E-state index contributed by atoms with van der Waals surface area (Å²) in [4.78, 5) is 48.8. The Morgan fingerprint density at radius 1 is 1.52 bits per heavy atom. The SMILES string of the molecule is CC1=NN=S(CC2=C(C(=O)O)N3C(=O)C(NC(=O)C[n+]4cc(=O)o[nH]4)C3SC2)S1. The van der Waals surface area contributed by atoms with Gasteiger partial charge in [0.25, 0.3) is 24.6 Å². The second-order valence-electron chi connectivity index (χ2n) is 6.23. The number of H-pyrrole nitrogens is 1. The molecule has 1 saturated heterocycles. The Labute approximate surface area is 173 Å². The van der Waals surface area contributed by atoms with E-state index in [0.29, 0.717) is 17.1 Å². The largest absolute Gasteiger partial charge is 0.477 e. The van der Waals surface area contributed by atoms with E-state index in [4.69, 9.17) is 0 Å². The van der Waals surface area contributed by atoms with Crippen LogP contribution in [0, 0.1) is 0 Å². The monoisotopic (exact) mass is 459 g/mol. The van der Waals surface area contributed by atoms with E-state index in [0.717, 1.165) is 15.9 Å². The number of thioether (sulfide) groups is 1. The van der Waals surface area contributed by atoms with Gasteiger partial charge in [-0.15, -0.1) is 21.3 Å². The smallest absolute Gasteiger partial charge is 0.426 e. The highest BCUT2D eigenvalue weighted by molar-refractivity contribution is 8.76. The van der Waals surface area contributed by atoms with Crippen molar-refractivity contribution in [3.8, 4) is 0 Å². The highest BCUT2D eigenvalue weighted by Gasteiger charge is 2.54. The molecule has 1 aromatic rings. The Hall–Kier alpha value is -2.39. The highest BCUT2D eigenvalue weighted by atomic mass is 33.1. The number of carbonyl (C=O) groups is 3. The number of aromatic amines is 1. The van der Waals surface area contributed by atoms with Crippen LogP contribution in [0.4, 0.5) is 0 Å². The van der Waals surface area contributed by atoms with Gasteiger partial charge in [0.05, 0.1) is 0 Å². The second-order valence-corrected chi connectivity index (χ2v) is 10.8. The number of carboxylic acid groups (broad SMARTS) is 1. The Kier molecular flexibility index (Phi) is 5.35. The summed E-state index contributed by atoms with van der Waals surface area (Å²) in [7, 11) is 0.996. The fourth-order valence-electron chi connectivity index (χ4n) is 3.01. The fourth-order valence-corrected chi connectivity index (χ4v) is 7.53. The summed E-state index contributed by atoms with van der Waals surface area (Å²) in [5.41, 5.74) is -0.0395. The van der Waals surface area contributed by atoms with Crippen molar-refractivity contribution in [3.05, 3.63) is 27.9 Å². The molecular formula is C14H15N6O6S3+. The highest BCUT2D eigenvalue weighted by Crippen LogP contribution is 2.41. The molecule has 3 N–H and O–H groups in total. The van der Waals surface area contributed by atoms with E-state index in [1.165, 1.54) is 27.5 Å². The molecule has 0 saturated carbocycles. The molecule has 4 heterocycles. The van der Waals surface area contributed by atoms with Crippen LogP contribution in [0.2, 0.25) is 0 Å². The predicted molar refractivity (Wildman–Crippen MR) is 105 cm³/mol. The molecule has 154 valence electrons. The number of nitrogens with zero attached hydrogens (tertiary/aromatic N) is 4. The third-order valence-electron chi connectivity index (χ3n) is 4.19. The maximum Gasteiger partial charge on any atom is 0.426 e. The number of aromatic nitrogens is 2. The Morgan fingerprint density at radius 3 is 2.93 bits per heavy atom. The van der Waals surface area contributed by atoms with Crippen LogP contribution in [0.5, 0.6) is 0 Å². The van der Waals surface area contributed by atoms with Gasteiger partial charge in [0, 0.05) is 11.5 Å². The van der Waals surface area contributed by atoms with Crippen LogP contribution < -0.4 is 15.6 Å². The molecule has 4 rings (SSSR count). The van der Waals surface area contributed by atoms with E-state index in [1.807, 2.05) is 6.92 Å². The first kappa shape index (κ1) is 19.9. The minimum atomic E-state index is -1.18. The zero-order chi connectivity index (χ0) is 20.7. The minimum Gasteiger partial charge on any atom is -0.477 e. The molecule has 3 aliphatic rings. The van der Waals surface area contributed by atoms with Crippen LogP contribution in [0.25, 0.3) is 0 Å². The van der Waals surface area contributed by atoms with Crippen LogP contribution in [0.15, 0.2) is 36.4 Å². The summed E-state index contributed by atoms with van der Waals surface area (Å²) in [6, 6.07) is -0.832. The first-order valence-corrected chi connectivity index (χ1v) is 12.0. The molecular weight excluding hydrogens is 444 g/mol. The molecule has 0 aromatic carbocycles. The van der Waals surface area contributed by atoms with Crippen molar-refractivity contribution in [1.29, 1.82) is 0 Å². The Morgan fingerprint density at radius 2 is 2.31 bits per heavy atom. The van der Waals surface area contributed by atoms with Crippen molar-refractivity contribution >= 4 is 55.1 Å². The Balaban J connectivity index is 1.45. The second kappa shape index (κ2) is 7.79. The molecule has 0 aliphatic carbocycles. The topological polar surface area (TPSA) is 161 Å². The molecule has 29 heavy (non-hydrogen) atoms. The minimum absolute atomic E-state index is 0.0364. The van der Waals surface area contributed by atoms with Gasteiger partial charge in [0.15, 0.2) is 0 Å². The summed E-state index contributed by atoms with van der Waals surface area (Å²) >= 11 is 1.39. The van der Waals surface area contributed by atoms with Crippen molar-refractivity contribution in [3.63, 3.8) is 0 Å². The molecule has 3 atom stereocenters. The first-order chi connectivity index (χ1) is 13.8. The molecule has 1 aromatic heterocycles. The van der Waals surface area contributed by atoms with E-state index >= 15 is 0 Å². The van der Waals surface area contributed by atoms with Gasteiger partial charge >= 0.3 is 11.6 Å². The number of carbonyl (C=O) groups excluding carboxylic acids is 2. The molecule has 0 bridgehead atoms. The van der Waals surface area contributed by atoms with Crippen LogP contribution >= 0.6 is 22.6 Å². The number of aliphatic carboxylic acids is 1. The number of hydrogen-bond donors (Lipinski definition) is 3. The van der Waals surface area contributed by atoms with Gasteiger partial charge in [0.1, 0.15) is 22.2 Å². The van der Waals surface area contributed by atoms with E-state index in [9.17, 15) is 24.3 Å². The summed E-state index contributed by atoms with van der Waals surface area (Å²) in [5.74, 6) is -1.33. The zero-order valence-corrected chi connectivity index (χ0v) is 17.3. The number of amides is 2. The molecule has 1 fully saturated rings. The van der Waals surface area contributed by atoms with Crippen molar-refractivity contribution < 1.29 is 28.7 Å². The van der Waals surface area contributed by atoms with Crippen LogP contribution in [0.1, 0.15) is 6.92 Å². The number of carboxylic acids is 1. The molecule has 12 nitrogen and oxygen atoms in total. The summed E-state index contributed by atoms with van der Waals surface area (Å²) in [6.07, 6.45) is 1.07. The van der Waals surface area contributed by atoms with Crippen molar-refractivity contribution in [1.82, 2.24) is 15.5 Å². The zero-order valence-electron chi connectivity index (χ0n) is 14.9. The maximum atomic E-state index is 12.6. The lowest BCUT2D eigenvalue weighted by Gasteiger charge is -2.49. The number of β-lactam (4-membered cyclic amide) rings is 1. The van der Waals surface area contributed by atoms with Gasteiger partial charge in [-0.3, -0.25) is 19.0 Å². The summed E-state index contributed by atoms with van der Waals surface area (Å²) in [5, 5.41) is 18.8. The molecule has 2 amide bonds. The van der Waals surface area contributed by atoms with Crippen molar-refractivity contribution in [2.45, 2.75) is 24.9 Å². The van der Waals surface area contributed by atoms with E-state index < -0.39 is 44.5 Å². The van der Waals surface area contributed by atoms with Gasteiger partial charge < -0.3 is 10.4 Å².